The fraction of sp³-hybridized carbons (Fsp3) is 0.391. The van der Waals surface area contributed by atoms with Gasteiger partial charge in [0.05, 0.1) is 0 Å². The van der Waals surface area contributed by atoms with E-state index in [1.807, 2.05) is 30.0 Å². The molecule has 5 nitrogen and oxygen atoms in total. The zero-order chi connectivity index (χ0) is 20.3. The lowest BCUT2D eigenvalue weighted by molar-refractivity contribution is 0.0664. The topological polar surface area (TPSA) is 52.7 Å². The molecule has 3 rings (SSSR count). The van der Waals surface area contributed by atoms with Gasteiger partial charge in [-0.05, 0) is 55.3 Å². The molecule has 0 spiro atoms. The normalized spacial score (nSPS) is 15.0. The summed E-state index contributed by atoms with van der Waals surface area (Å²) in [6.07, 6.45) is 0. The van der Waals surface area contributed by atoms with Crippen LogP contribution in [-0.4, -0.2) is 54.8 Å². The molecular formula is C23H29N3O2. The Morgan fingerprint density at radius 1 is 0.929 bits per heavy atom. The molecule has 1 aliphatic rings. The number of hydrogen-bond donors (Lipinski definition) is 1. The van der Waals surface area contributed by atoms with Crippen LogP contribution in [0.4, 0.5) is 5.69 Å². The number of aryl methyl sites for hydroxylation is 1. The molecule has 1 N–H and O–H groups in total. The summed E-state index contributed by atoms with van der Waals surface area (Å²) in [4.78, 5) is 29.5. The van der Waals surface area contributed by atoms with Crippen molar-refractivity contribution in [1.29, 1.82) is 0 Å². The highest BCUT2D eigenvalue weighted by atomic mass is 16.2. The first-order chi connectivity index (χ1) is 13.4. The molecule has 2 aromatic rings. The highest BCUT2D eigenvalue weighted by Crippen LogP contribution is 2.28. The number of amides is 2. The highest BCUT2D eigenvalue weighted by molar-refractivity contribution is 6.05. The summed E-state index contributed by atoms with van der Waals surface area (Å²) in [5, 5.41) is 3.05. The molecule has 0 aliphatic carbocycles. The van der Waals surface area contributed by atoms with Gasteiger partial charge in [-0.1, -0.05) is 32.0 Å². The first-order valence-corrected chi connectivity index (χ1v) is 9.85. The van der Waals surface area contributed by atoms with E-state index in [4.69, 9.17) is 0 Å². The van der Waals surface area contributed by atoms with Crippen LogP contribution in [0.1, 0.15) is 51.6 Å². The number of carbonyl (C=O) groups is 2. The van der Waals surface area contributed by atoms with Gasteiger partial charge in [0.2, 0.25) is 0 Å². The average molecular weight is 380 g/mol. The summed E-state index contributed by atoms with van der Waals surface area (Å²) in [5.41, 5.74) is 4.21. The molecule has 0 unspecified atom stereocenters. The Kier molecular flexibility index (Phi) is 6.15. The second-order valence-corrected chi connectivity index (χ2v) is 7.82. The van der Waals surface area contributed by atoms with Gasteiger partial charge >= 0.3 is 0 Å². The molecule has 5 heteroatoms. The molecule has 0 atom stereocenters. The van der Waals surface area contributed by atoms with Gasteiger partial charge in [0.25, 0.3) is 11.8 Å². The number of nitrogens with one attached hydrogen (secondary N) is 1. The molecule has 1 fully saturated rings. The minimum atomic E-state index is -0.158. The van der Waals surface area contributed by atoms with Crippen LogP contribution in [0.3, 0.4) is 0 Å². The summed E-state index contributed by atoms with van der Waals surface area (Å²) >= 11 is 0. The Morgan fingerprint density at radius 3 is 2.14 bits per heavy atom. The third-order valence-corrected chi connectivity index (χ3v) is 5.35. The van der Waals surface area contributed by atoms with Crippen LogP contribution < -0.4 is 5.32 Å². The maximum absolute atomic E-state index is 12.7. The number of rotatable bonds is 4. The van der Waals surface area contributed by atoms with Crippen LogP contribution in [-0.2, 0) is 0 Å². The first kappa shape index (κ1) is 20.1. The monoisotopic (exact) mass is 379 g/mol. The predicted octanol–water partition coefficient (Wildman–Crippen LogP) is 3.76. The Morgan fingerprint density at radius 2 is 1.54 bits per heavy atom. The number of likely N-dealkylation sites (N-methyl/N-ethyl adjacent to an activating group) is 1. The van der Waals surface area contributed by atoms with E-state index in [9.17, 15) is 9.59 Å². The van der Waals surface area contributed by atoms with Crippen molar-refractivity contribution in [3.63, 3.8) is 0 Å². The van der Waals surface area contributed by atoms with Crippen molar-refractivity contribution in [2.24, 2.45) is 0 Å². The smallest absolute Gasteiger partial charge is 0.255 e. The van der Waals surface area contributed by atoms with Crippen molar-refractivity contribution in [3.05, 3.63) is 64.7 Å². The number of anilines is 1. The van der Waals surface area contributed by atoms with Crippen molar-refractivity contribution in [1.82, 2.24) is 9.80 Å². The standard InChI is InChI=1S/C23H29N3O2/c1-16(2)20-7-5-6-17(3)21(20)24-22(27)18-8-10-19(11-9-18)23(28)26-14-12-25(4)13-15-26/h5-11,16H,12-15H2,1-4H3,(H,24,27). The van der Waals surface area contributed by atoms with Crippen LogP contribution in [0.5, 0.6) is 0 Å². The third-order valence-electron chi connectivity index (χ3n) is 5.35. The van der Waals surface area contributed by atoms with Gasteiger partial charge in [0.1, 0.15) is 0 Å². The number of hydrogen-bond acceptors (Lipinski definition) is 3. The molecule has 148 valence electrons. The lowest BCUT2D eigenvalue weighted by Gasteiger charge is -2.32. The molecule has 0 saturated carbocycles. The zero-order valence-corrected chi connectivity index (χ0v) is 17.2. The number of nitrogens with zero attached hydrogens (tertiary/aromatic N) is 2. The molecule has 0 radical (unpaired) electrons. The van der Waals surface area contributed by atoms with Gasteiger partial charge in [-0.2, -0.15) is 0 Å². The number of piperazine rings is 1. The SMILES string of the molecule is Cc1cccc(C(C)C)c1NC(=O)c1ccc(C(=O)N2CCN(C)CC2)cc1. The Hall–Kier alpha value is -2.66. The summed E-state index contributed by atoms with van der Waals surface area (Å²) in [6, 6.07) is 13.0. The molecule has 0 aromatic heterocycles. The summed E-state index contributed by atoms with van der Waals surface area (Å²) in [6.45, 7) is 9.49. The van der Waals surface area contributed by atoms with Gasteiger partial charge in [-0.3, -0.25) is 9.59 Å². The van der Waals surface area contributed by atoms with Crippen molar-refractivity contribution >= 4 is 17.5 Å². The lowest BCUT2D eigenvalue weighted by atomic mass is 9.98. The number of benzene rings is 2. The molecular weight excluding hydrogens is 350 g/mol. The maximum Gasteiger partial charge on any atom is 0.255 e. The second kappa shape index (κ2) is 8.57. The lowest BCUT2D eigenvalue weighted by Crippen LogP contribution is -2.47. The van der Waals surface area contributed by atoms with Crippen LogP contribution >= 0.6 is 0 Å². The molecule has 0 bridgehead atoms. The predicted molar refractivity (Wildman–Crippen MR) is 113 cm³/mol. The van der Waals surface area contributed by atoms with Gasteiger partial charge in [0.15, 0.2) is 0 Å². The molecule has 1 saturated heterocycles. The molecule has 1 heterocycles. The van der Waals surface area contributed by atoms with Crippen molar-refractivity contribution in [2.45, 2.75) is 26.7 Å². The number of carbonyl (C=O) groups excluding carboxylic acids is 2. The summed E-state index contributed by atoms with van der Waals surface area (Å²) in [7, 11) is 2.06. The average Bonchev–Trinajstić information content (AvgIpc) is 2.69. The summed E-state index contributed by atoms with van der Waals surface area (Å²) in [5.74, 6) is 0.189. The van der Waals surface area contributed by atoms with Crippen LogP contribution in [0.25, 0.3) is 0 Å². The van der Waals surface area contributed by atoms with Gasteiger partial charge < -0.3 is 15.1 Å². The van der Waals surface area contributed by atoms with Crippen LogP contribution in [0.2, 0.25) is 0 Å². The van der Waals surface area contributed by atoms with E-state index in [-0.39, 0.29) is 11.8 Å². The zero-order valence-electron chi connectivity index (χ0n) is 17.2. The molecule has 2 amide bonds. The largest absolute Gasteiger partial charge is 0.336 e. The quantitative estimate of drug-likeness (QED) is 0.880. The molecule has 28 heavy (non-hydrogen) atoms. The number of para-hydroxylation sites is 1. The van der Waals surface area contributed by atoms with Crippen molar-refractivity contribution in [3.8, 4) is 0 Å². The van der Waals surface area contributed by atoms with E-state index in [0.717, 1.165) is 43.0 Å². The molecule has 2 aromatic carbocycles. The minimum absolute atomic E-state index is 0.0288. The maximum atomic E-state index is 12.7. The third kappa shape index (κ3) is 4.42. The van der Waals surface area contributed by atoms with Crippen molar-refractivity contribution < 1.29 is 9.59 Å². The van der Waals surface area contributed by atoms with E-state index in [2.05, 4.69) is 31.1 Å². The van der Waals surface area contributed by atoms with Gasteiger partial charge in [0, 0.05) is 43.0 Å². The van der Waals surface area contributed by atoms with E-state index in [0.29, 0.717) is 17.0 Å². The van der Waals surface area contributed by atoms with E-state index in [1.54, 1.807) is 24.3 Å². The Labute approximate surface area is 167 Å². The fourth-order valence-electron chi connectivity index (χ4n) is 3.48. The van der Waals surface area contributed by atoms with E-state index < -0.39 is 0 Å². The van der Waals surface area contributed by atoms with Gasteiger partial charge in [-0.25, -0.2) is 0 Å². The summed E-state index contributed by atoms with van der Waals surface area (Å²) < 4.78 is 0. The first-order valence-electron chi connectivity index (χ1n) is 9.85. The Bertz CT molecular complexity index is 851. The van der Waals surface area contributed by atoms with E-state index >= 15 is 0 Å². The minimum Gasteiger partial charge on any atom is -0.336 e. The van der Waals surface area contributed by atoms with Crippen LogP contribution in [0.15, 0.2) is 42.5 Å². The highest BCUT2D eigenvalue weighted by Gasteiger charge is 2.20. The second-order valence-electron chi connectivity index (χ2n) is 7.82. The van der Waals surface area contributed by atoms with Crippen molar-refractivity contribution in [2.75, 3.05) is 38.5 Å². The Balaban J connectivity index is 1.72. The van der Waals surface area contributed by atoms with E-state index in [1.165, 1.54) is 0 Å². The fourth-order valence-corrected chi connectivity index (χ4v) is 3.48. The molecule has 1 aliphatic heterocycles. The van der Waals surface area contributed by atoms with Gasteiger partial charge in [-0.15, -0.1) is 0 Å². The van der Waals surface area contributed by atoms with Crippen LogP contribution in [0, 0.1) is 6.92 Å².